The van der Waals surface area contributed by atoms with Crippen LogP contribution in [0.1, 0.15) is 34.1 Å². The maximum absolute atomic E-state index is 11.2. The van der Waals surface area contributed by atoms with Gasteiger partial charge in [0.2, 0.25) is 0 Å². The monoisotopic (exact) mass is 140 g/mol. The van der Waals surface area contributed by atoms with Crippen molar-refractivity contribution >= 4 is 5.78 Å². The van der Waals surface area contributed by atoms with Gasteiger partial charge in [0.05, 0.1) is 0 Å². The van der Waals surface area contributed by atoms with Crippen LogP contribution in [0.15, 0.2) is 12.2 Å². The zero-order valence-corrected chi connectivity index (χ0v) is 7.27. The fourth-order valence-corrected chi connectivity index (χ4v) is 0.531. The van der Waals surface area contributed by atoms with E-state index >= 15 is 0 Å². The van der Waals surface area contributed by atoms with Crippen molar-refractivity contribution in [3.8, 4) is 0 Å². The minimum absolute atomic E-state index is 0.181. The van der Waals surface area contributed by atoms with Gasteiger partial charge in [0.1, 0.15) is 5.78 Å². The van der Waals surface area contributed by atoms with Crippen LogP contribution in [0.5, 0.6) is 0 Å². The first-order chi connectivity index (χ1) is 4.48. The Hall–Kier alpha value is -0.590. The normalized spacial score (nSPS) is 12.4. The quantitative estimate of drug-likeness (QED) is 0.539. The van der Waals surface area contributed by atoms with E-state index in [1.165, 1.54) is 0 Å². The number of carbonyl (C=O) groups is 1. The summed E-state index contributed by atoms with van der Waals surface area (Å²) < 4.78 is 0. The summed E-state index contributed by atoms with van der Waals surface area (Å²) in [5.74, 6) is 0.297. The highest BCUT2D eigenvalue weighted by atomic mass is 16.1. The van der Waals surface area contributed by atoms with Crippen LogP contribution in [0.3, 0.4) is 0 Å². The van der Waals surface area contributed by atoms with Crippen LogP contribution in [0.4, 0.5) is 0 Å². The first-order valence-corrected chi connectivity index (χ1v) is 3.63. The third-order valence-corrected chi connectivity index (χ3v) is 1.38. The number of allylic oxidation sites excluding steroid dienone is 2. The molecular formula is C9H16O. The molecule has 0 rings (SSSR count). The molecule has 0 aliphatic heterocycles. The van der Waals surface area contributed by atoms with Gasteiger partial charge in [-0.3, -0.25) is 4.79 Å². The van der Waals surface area contributed by atoms with Crippen LogP contribution in [0.2, 0.25) is 0 Å². The average molecular weight is 140 g/mol. The molecule has 0 amide bonds. The molecule has 0 aromatic rings. The summed E-state index contributed by atoms with van der Waals surface area (Å²) in [5.41, 5.74) is -0.181. The summed E-state index contributed by atoms with van der Waals surface area (Å²) in [6.45, 7) is 7.76. The smallest absolute Gasteiger partial charge is 0.141 e. The van der Waals surface area contributed by atoms with Gasteiger partial charge in [-0.15, -0.1) is 0 Å². The predicted octanol–water partition coefficient (Wildman–Crippen LogP) is 2.57. The molecule has 0 fully saturated rings. The Morgan fingerprint density at radius 2 is 1.90 bits per heavy atom. The lowest BCUT2D eigenvalue weighted by Crippen LogP contribution is -2.18. The zero-order chi connectivity index (χ0) is 8.20. The molecule has 0 spiro atoms. The topological polar surface area (TPSA) is 17.1 Å². The van der Waals surface area contributed by atoms with Crippen molar-refractivity contribution in [3.63, 3.8) is 0 Å². The van der Waals surface area contributed by atoms with Crippen LogP contribution in [0.25, 0.3) is 0 Å². The molecule has 0 aliphatic carbocycles. The fraction of sp³-hybridized carbons (Fsp3) is 0.667. The highest BCUT2D eigenvalue weighted by Crippen LogP contribution is 2.16. The maximum Gasteiger partial charge on any atom is 0.141 e. The van der Waals surface area contributed by atoms with Gasteiger partial charge in [0.25, 0.3) is 0 Å². The predicted molar refractivity (Wildman–Crippen MR) is 43.9 cm³/mol. The number of hydrogen-bond acceptors (Lipinski definition) is 1. The van der Waals surface area contributed by atoms with Crippen LogP contribution in [-0.4, -0.2) is 5.78 Å². The minimum atomic E-state index is -0.181. The van der Waals surface area contributed by atoms with Gasteiger partial charge in [-0.05, 0) is 6.92 Å². The number of hydrogen-bond donors (Lipinski definition) is 0. The van der Waals surface area contributed by atoms with Crippen LogP contribution in [-0.2, 0) is 4.79 Å². The lowest BCUT2D eigenvalue weighted by atomic mass is 9.89. The number of ketones is 1. The molecule has 0 aromatic carbocycles. The van der Waals surface area contributed by atoms with Crippen molar-refractivity contribution in [2.24, 2.45) is 5.41 Å². The van der Waals surface area contributed by atoms with E-state index in [1.54, 1.807) is 0 Å². The molecular weight excluding hydrogens is 124 g/mol. The Labute approximate surface area is 63.1 Å². The van der Waals surface area contributed by atoms with E-state index in [2.05, 4.69) is 0 Å². The standard InChI is InChI=1S/C9H16O/c1-5-6-7-8(10)9(2,3)4/h5-6H,7H2,1-4H3/b6-5-. The maximum atomic E-state index is 11.2. The van der Waals surface area contributed by atoms with E-state index in [0.717, 1.165) is 0 Å². The lowest BCUT2D eigenvalue weighted by molar-refractivity contribution is -0.125. The van der Waals surface area contributed by atoms with E-state index in [1.807, 2.05) is 39.8 Å². The van der Waals surface area contributed by atoms with Crippen LogP contribution < -0.4 is 0 Å². The molecule has 0 radical (unpaired) electrons. The molecule has 0 saturated heterocycles. The summed E-state index contributed by atoms with van der Waals surface area (Å²) >= 11 is 0. The van der Waals surface area contributed by atoms with E-state index in [-0.39, 0.29) is 5.41 Å². The summed E-state index contributed by atoms with van der Waals surface area (Å²) in [4.78, 5) is 11.2. The number of Topliss-reactive ketones (excluding diaryl/α,β-unsaturated/α-hetero) is 1. The molecule has 0 N–H and O–H groups in total. The van der Waals surface area contributed by atoms with Crippen LogP contribution in [0, 0.1) is 5.41 Å². The van der Waals surface area contributed by atoms with Crippen LogP contribution >= 0.6 is 0 Å². The molecule has 0 aromatic heterocycles. The second-order valence-electron chi connectivity index (χ2n) is 3.45. The first kappa shape index (κ1) is 9.41. The van der Waals surface area contributed by atoms with E-state index in [0.29, 0.717) is 12.2 Å². The molecule has 0 bridgehead atoms. The zero-order valence-electron chi connectivity index (χ0n) is 7.27. The van der Waals surface area contributed by atoms with Crippen molar-refractivity contribution in [1.29, 1.82) is 0 Å². The van der Waals surface area contributed by atoms with Gasteiger partial charge < -0.3 is 0 Å². The highest BCUT2D eigenvalue weighted by molar-refractivity contribution is 5.84. The lowest BCUT2D eigenvalue weighted by Gasteiger charge is -2.14. The Bertz CT molecular complexity index is 137. The Kier molecular flexibility index (Phi) is 3.34. The SMILES string of the molecule is C/C=C\CC(=O)C(C)(C)C. The van der Waals surface area contributed by atoms with Gasteiger partial charge in [-0.25, -0.2) is 0 Å². The Morgan fingerprint density at radius 3 is 2.20 bits per heavy atom. The van der Waals surface area contributed by atoms with Crippen molar-refractivity contribution in [2.75, 3.05) is 0 Å². The molecule has 0 unspecified atom stereocenters. The second kappa shape index (κ2) is 3.55. The Morgan fingerprint density at radius 1 is 1.40 bits per heavy atom. The fourth-order valence-electron chi connectivity index (χ4n) is 0.531. The molecule has 1 heteroatoms. The van der Waals surface area contributed by atoms with E-state index < -0.39 is 0 Å². The molecule has 0 aliphatic rings. The Balaban J connectivity index is 3.86. The van der Waals surface area contributed by atoms with Crippen molar-refractivity contribution in [3.05, 3.63) is 12.2 Å². The first-order valence-electron chi connectivity index (χ1n) is 3.63. The highest BCUT2D eigenvalue weighted by Gasteiger charge is 2.18. The number of carbonyl (C=O) groups excluding carboxylic acids is 1. The molecule has 1 nitrogen and oxygen atoms in total. The van der Waals surface area contributed by atoms with Crippen molar-refractivity contribution in [2.45, 2.75) is 34.1 Å². The van der Waals surface area contributed by atoms with E-state index in [9.17, 15) is 4.79 Å². The van der Waals surface area contributed by atoms with Crippen molar-refractivity contribution < 1.29 is 4.79 Å². The minimum Gasteiger partial charge on any atom is -0.299 e. The van der Waals surface area contributed by atoms with E-state index in [4.69, 9.17) is 0 Å². The molecule has 0 saturated carbocycles. The average Bonchev–Trinajstić information content (AvgIpc) is 1.80. The van der Waals surface area contributed by atoms with Gasteiger partial charge in [0.15, 0.2) is 0 Å². The summed E-state index contributed by atoms with van der Waals surface area (Å²) in [6, 6.07) is 0. The summed E-state index contributed by atoms with van der Waals surface area (Å²) in [6.07, 6.45) is 4.37. The molecule has 10 heavy (non-hydrogen) atoms. The van der Waals surface area contributed by atoms with Gasteiger partial charge in [0, 0.05) is 11.8 Å². The van der Waals surface area contributed by atoms with Gasteiger partial charge in [-0.1, -0.05) is 32.9 Å². The summed E-state index contributed by atoms with van der Waals surface area (Å²) in [7, 11) is 0. The third-order valence-electron chi connectivity index (χ3n) is 1.38. The molecule has 0 atom stereocenters. The molecule has 0 heterocycles. The van der Waals surface area contributed by atoms with Gasteiger partial charge >= 0.3 is 0 Å². The number of rotatable bonds is 2. The summed E-state index contributed by atoms with van der Waals surface area (Å²) in [5, 5.41) is 0. The largest absolute Gasteiger partial charge is 0.299 e. The second-order valence-corrected chi connectivity index (χ2v) is 3.45. The molecule has 58 valence electrons. The third kappa shape index (κ3) is 3.44. The van der Waals surface area contributed by atoms with Crippen molar-refractivity contribution in [1.82, 2.24) is 0 Å². The van der Waals surface area contributed by atoms with Gasteiger partial charge in [-0.2, -0.15) is 0 Å².